The summed E-state index contributed by atoms with van der Waals surface area (Å²) in [6, 6.07) is 4.13. The van der Waals surface area contributed by atoms with Gasteiger partial charge in [0.15, 0.2) is 11.1 Å². The molecule has 0 unspecified atom stereocenters. The number of pyridine rings is 1. The van der Waals surface area contributed by atoms with Crippen LogP contribution in [0.4, 0.5) is 5.13 Å². The Labute approximate surface area is 187 Å². The van der Waals surface area contributed by atoms with Crippen molar-refractivity contribution in [3.8, 4) is 0 Å². The molecule has 0 radical (unpaired) electrons. The summed E-state index contributed by atoms with van der Waals surface area (Å²) in [5, 5.41) is 9.72. The largest absolute Gasteiger partial charge is 0.357 e. The zero-order valence-corrected chi connectivity index (χ0v) is 19.9. The zero-order chi connectivity index (χ0) is 19.2. The van der Waals surface area contributed by atoms with Crippen LogP contribution in [-0.4, -0.2) is 47.5 Å². The SMILES string of the molecule is CCNC(=NCc1csc(N(C)C)n1)NCCc1cn2cccc(C)c2n1.I. The summed E-state index contributed by atoms with van der Waals surface area (Å²) >= 11 is 1.64. The van der Waals surface area contributed by atoms with Crippen LogP contribution >= 0.6 is 35.3 Å². The van der Waals surface area contributed by atoms with E-state index in [0.717, 1.165) is 47.6 Å². The Hall–Kier alpha value is -1.88. The molecule has 0 aliphatic rings. The van der Waals surface area contributed by atoms with Gasteiger partial charge in [-0.1, -0.05) is 6.07 Å². The van der Waals surface area contributed by atoms with Crippen LogP contribution in [0.3, 0.4) is 0 Å². The van der Waals surface area contributed by atoms with Crippen LogP contribution in [-0.2, 0) is 13.0 Å². The first kappa shape index (κ1) is 22.4. The third-order valence-electron chi connectivity index (χ3n) is 4.07. The van der Waals surface area contributed by atoms with E-state index in [-0.39, 0.29) is 24.0 Å². The molecule has 152 valence electrons. The fourth-order valence-electron chi connectivity index (χ4n) is 2.71. The number of nitrogens with one attached hydrogen (secondary N) is 2. The second-order valence-corrected chi connectivity index (χ2v) is 7.38. The van der Waals surface area contributed by atoms with Crippen molar-refractivity contribution in [3.05, 3.63) is 46.9 Å². The van der Waals surface area contributed by atoms with Crippen molar-refractivity contribution in [3.63, 3.8) is 0 Å². The molecule has 28 heavy (non-hydrogen) atoms. The van der Waals surface area contributed by atoms with Crippen molar-refractivity contribution in [2.75, 3.05) is 32.1 Å². The number of halogens is 1. The van der Waals surface area contributed by atoms with Gasteiger partial charge < -0.3 is 19.9 Å². The van der Waals surface area contributed by atoms with Gasteiger partial charge in [0.25, 0.3) is 0 Å². The molecule has 0 amide bonds. The van der Waals surface area contributed by atoms with Crippen molar-refractivity contribution in [1.29, 1.82) is 0 Å². The minimum atomic E-state index is 0. The number of fused-ring (bicyclic) bond motifs is 1. The second-order valence-electron chi connectivity index (χ2n) is 6.54. The molecule has 3 aromatic heterocycles. The molecule has 3 rings (SSSR count). The topological polar surface area (TPSA) is 69.9 Å². The maximum absolute atomic E-state index is 4.72. The number of rotatable bonds is 7. The number of guanidine groups is 1. The van der Waals surface area contributed by atoms with Gasteiger partial charge in [-0.3, -0.25) is 0 Å². The molecule has 3 heterocycles. The van der Waals surface area contributed by atoms with E-state index in [1.807, 2.05) is 31.3 Å². The van der Waals surface area contributed by atoms with E-state index in [2.05, 4.69) is 56.5 Å². The Kier molecular flexibility index (Phi) is 8.49. The number of aromatic nitrogens is 3. The Balaban J connectivity index is 0.00000280. The average Bonchev–Trinajstić information content (AvgIpc) is 3.27. The van der Waals surface area contributed by atoms with E-state index in [0.29, 0.717) is 6.54 Å². The number of imidazole rings is 1. The van der Waals surface area contributed by atoms with Crippen LogP contribution in [0.2, 0.25) is 0 Å². The number of anilines is 1. The van der Waals surface area contributed by atoms with E-state index in [1.54, 1.807) is 11.3 Å². The average molecular weight is 513 g/mol. The lowest BCUT2D eigenvalue weighted by atomic mass is 10.3. The van der Waals surface area contributed by atoms with Crippen LogP contribution in [0.5, 0.6) is 0 Å². The molecular formula is C19H28IN7S. The molecule has 3 aromatic rings. The van der Waals surface area contributed by atoms with Gasteiger partial charge in [-0.25, -0.2) is 15.0 Å². The molecule has 0 aliphatic carbocycles. The molecule has 0 saturated carbocycles. The number of aliphatic imine (C=N–C) groups is 1. The summed E-state index contributed by atoms with van der Waals surface area (Å²) in [5.41, 5.74) is 4.26. The van der Waals surface area contributed by atoms with E-state index >= 15 is 0 Å². The first-order valence-electron chi connectivity index (χ1n) is 9.14. The minimum Gasteiger partial charge on any atom is -0.357 e. The lowest BCUT2D eigenvalue weighted by Gasteiger charge is -2.10. The monoisotopic (exact) mass is 513 g/mol. The predicted octanol–water partition coefficient (Wildman–Crippen LogP) is 3.08. The number of hydrogen-bond donors (Lipinski definition) is 2. The van der Waals surface area contributed by atoms with Crippen molar-refractivity contribution in [1.82, 2.24) is 25.0 Å². The lowest BCUT2D eigenvalue weighted by molar-refractivity contribution is 0.789. The van der Waals surface area contributed by atoms with Crippen LogP contribution in [0.25, 0.3) is 5.65 Å². The molecule has 0 saturated heterocycles. The fourth-order valence-corrected chi connectivity index (χ4v) is 3.46. The fraction of sp³-hybridized carbons (Fsp3) is 0.421. The Morgan fingerprint density at radius 3 is 2.75 bits per heavy atom. The highest BCUT2D eigenvalue weighted by Crippen LogP contribution is 2.18. The number of thiazole rings is 1. The summed E-state index contributed by atoms with van der Waals surface area (Å²) in [6.45, 7) is 6.30. The third-order valence-corrected chi connectivity index (χ3v) is 5.12. The summed E-state index contributed by atoms with van der Waals surface area (Å²) < 4.78 is 2.08. The Morgan fingerprint density at radius 2 is 2.07 bits per heavy atom. The molecule has 0 fully saturated rings. The van der Waals surface area contributed by atoms with Crippen molar-refractivity contribution in [2.24, 2.45) is 4.99 Å². The van der Waals surface area contributed by atoms with Crippen molar-refractivity contribution < 1.29 is 0 Å². The van der Waals surface area contributed by atoms with E-state index in [1.165, 1.54) is 5.56 Å². The minimum absolute atomic E-state index is 0. The molecule has 9 heteroatoms. The molecular weight excluding hydrogens is 485 g/mol. The molecule has 0 spiro atoms. The normalized spacial score (nSPS) is 11.4. The van der Waals surface area contributed by atoms with Gasteiger partial charge >= 0.3 is 0 Å². The van der Waals surface area contributed by atoms with Crippen LogP contribution < -0.4 is 15.5 Å². The van der Waals surface area contributed by atoms with E-state index in [4.69, 9.17) is 4.98 Å². The highest BCUT2D eigenvalue weighted by atomic mass is 127. The highest BCUT2D eigenvalue weighted by Gasteiger charge is 2.06. The first-order valence-corrected chi connectivity index (χ1v) is 10.0. The number of hydrogen-bond acceptors (Lipinski definition) is 5. The first-order chi connectivity index (χ1) is 13.1. The maximum Gasteiger partial charge on any atom is 0.191 e. The standard InChI is InChI=1S/C19H27N7S.HI/c1-5-20-18(22-11-16-13-27-19(24-16)25(3)4)21-9-8-15-12-26-10-6-7-14(2)17(26)23-15;/h6-7,10,12-13H,5,8-9,11H2,1-4H3,(H2,20,21,22);1H. The smallest absolute Gasteiger partial charge is 0.191 e. The lowest BCUT2D eigenvalue weighted by Crippen LogP contribution is -2.38. The molecule has 0 aromatic carbocycles. The van der Waals surface area contributed by atoms with Crippen LogP contribution in [0.1, 0.15) is 23.9 Å². The van der Waals surface area contributed by atoms with Gasteiger partial charge in [-0.15, -0.1) is 35.3 Å². The number of aryl methyl sites for hydroxylation is 1. The summed E-state index contributed by atoms with van der Waals surface area (Å²) in [6.07, 6.45) is 4.97. The number of nitrogens with zero attached hydrogens (tertiary/aromatic N) is 5. The zero-order valence-electron chi connectivity index (χ0n) is 16.8. The molecule has 7 nitrogen and oxygen atoms in total. The van der Waals surface area contributed by atoms with Gasteiger partial charge in [0.2, 0.25) is 0 Å². The molecule has 0 bridgehead atoms. The van der Waals surface area contributed by atoms with Gasteiger partial charge in [0.1, 0.15) is 5.65 Å². The van der Waals surface area contributed by atoms with Crippen LogP contribution in [0.15, 0.2) is 34.9 Å². The van der Waals surface area contributed by atoms with Crippen LogP contribution in [0, 0.1) is 6.92 Å². The summed E-state index contributed by atoms with van der Waals surface area (Å²) in [7, 11) is 4.00. The van der Waals surface area contributed by atoms with E-state index < -0.39 is 0 Å². The molecule has 0 atom stereocenters. The van der Waals surface area contributed by atoms with Crippen molar-refractivity contribution in [2.45, 2.75) is 26.8 Å². The van der Waals surface area contributed by atoms with Gasteiger partial charge in [0, 0.05) is 51.4 Å². The second kappa shape index (κ2) is 10.6. The third kappa shape index (κ3) is 5.81. The van der Waals surface area contributed by atoms with Gasteiger partial charge in [-0.05, 0) is 25.5 Å². The molecule has 0 aliphatic heterocycles. The molecule has 2 N–H and O–H groups in total. The Bertz CT molecular complexity index is 916. The summed E-state index contributed by atoms with van der Waals surface area (Å²) in [4.78, 5) is 15.9. The quantitative estimate of drug-likeness (QED) is 0.289. The van der Waals surface area contributed by atoms with Gasteiger partial charge in [0.05, 0.1) is 17.9 Å². The van der Waals surface area contributed by atoms with E-state index in [9.17, 15) is 0 Å². The van der Waals surface area contributed by atoms with Gasteiger partial charge in [-0.2, -0.15) is 0 Å². The summed E-state index contributed by atoms with van der Waals surface area (Å²) in [5.74, 6) is 0.803. The Morgan fingerprint density at radius 1 is 1.25 bits per heavy atom. The maximum atomic E-state index is 4.72. The van der Waals surface area contributed by atoms with Crippen molar-refractivity contribution >= 4 is 52.1 Å². The predicted molar refractivity (Wildman–Crippen MR) is 128 cm³/mol. The highest BCUT2D eigenvalue weighted by molar-refractivity contribution is 14.0.